The van der Waals surface area contributed by atoms with E-state index in [0.29, 0.717) is 37.3 Å². The van der Waals surface area contributed by atoms with E-state index in [4.69, 9.17) is 10.5 Å². The van der Waals surface area contributed by atoms with Crippen LogP contribution in [0.5, 0.6) is 5.75 Å². The van der Waals surface area contributed by atoms with Crippen LogP contribution in [0.2, 0.25) is 0 Å². The Labute approximate surface area is 312 Å². The summed E-state index contributed by atoms with van der Waals surface area (Å²) in [5.41, 5.74) is 6.95. The maximum Gasteiger partial charge on any atom is 0.245 e. The molecule has 16 heteroatoms. The molecule has 53 heavy (non-hydrogen) atoms. The van der Waals surface area contributed by atoms with Gasteiger partial charge in [-0.25, -0.2) is 8.42 Å². The Bertz CT molecular complexity index is 1620. The van der Waals surface area contributed by atoms with E-state index >= 15 is 0 Å². The van der Waals surface area contributed by atoms with Crippen LogP contribution in [0, 0.1) is 11.8 Å². The molecular weight excluding hydrogens is 705 g/mol. The highest BCUT2D eigenvalue weighted by atomic mass is 32.2. The van der Waals surface area contributed by atoms with Crippen molar-refractivity contribution in [3.63, 3.8) is 0 Å². The predicted octanol–water partition coefficient (Wildman–Crippen LogP) is 1.08. The number of nitrogen functional groups attached to an aromatic ring is 1. The number of ether oxygens (including phenoxy) is 1. The van der Waals surface area contributed by atoms with Crippen LogP contribution in [-0.4, -0.2) is 103 Å². The monoisotopic (exact) mass is 760 g/mol. The number of carbonyl (C=O) groups excluding carboxylic acids is 4. The van der Waals surface area contributed by atoms with Gasteiger partial charge in [-0.15, -0.1) is 0 Å². The fourth-order valence-corrected chi connectivity index (χ4v) is 7.25. The van der Waals surface area contributed by atoms with Crippen molar-refractivity contribution in [2.75, 3.05) is 32.0 Å². The van der Waals surface area contributed by atoms with Crippen LogP contribution in [0.4, 0.5) is 5.69 Å². The summed E-state index contributed by atoms with van der Waals surface area (Å²) in [6.07, 6.45) is 0.414. The van der Waals surface area contributed by atoms with Gasteiger partial charge in [0.25, 0.3) is 0 Å². The summed E-state index contributed by atoms with van der Waals surface area (Å²) in [5, 5.41) is 32.0. The van der Waals surface area contributed by atoms with Crippen molar-refractivity contribution in [3.8, 4) is 5.75 Å². The molecule has 0 radical (unpaired) electrons. The summed E-state index contributed by atoms with van der Waals surface area (Å²) in [7, 11) is -4.07. The van der Waals surface area contributed by atoms with Crippen molar-refractivity contribution >= 4 is 39.3 Å². The van der Waals surface area contributed by atoms with E-state index in [2.05, 4.69) is 21.3 Å². The Morgan fingerprint density at radius 2 is 1.66 bits per heavy atom. The molecule has 2 aromatic carbocycles. The van der Waals surface area contributed by atoms with E-state index in [1.165, 1.54) is 35.5 Å². The lowest BCUT2D eigenvalue weighted by molar-refractivity contribution is -0.135. The van der Waals surface area contributed by atoms with Gasteiger partial charge in [0.15, 0.2) is 0 Å². The number of fused-ring (bicyclic) bond motifs is 14. The number of carbonyl (C=O) groups is 4. The van der Waals surface area contributed by atoms with Crippen molar-refractivity contribution in [2.45, 2.75) is 102 Å². The number of aliphatic hydroxyl groups excluding tert-OH is 2. The first-order valence-electron chi connectivity index (χ1n) is 18.1. The fourth-order valence-electron chi connectivity index (χ4n) is 5.78. The first-order chi connectivity index (χ1) is 25.0. The molecule has 0 saturated carbocycles. The second-order valence-corrected chi connectivity index (χ2v) is 16.2. The first-order valence-corrected chi connectivity index (χ1v) is 19.5. The Morgan fingerprint density at radius 3 is 2.25 bits per heavy atom. The molecule has 4 rings (SSSR count). The van der Waals surface area contributed by atoms with Gasteiger partial charge in [-0.2, -0.15) is 4.31 Å². The molecule has 15 nitrogen and oxygen atoms in total. The van der Waals surface area contributed by atoms with Crippen LogP contribution >= 0.6 is 0 Å². The third-order valence-corrected chi connectivity index (χ3v) is 10.8. The number of nitrogens with zero attached hydrogens (tertiary/aromatic N) is 1. The molecule has 5 atom stereocenters. The van der Waals surface area contributed by atoms with E-state index < -0.39 is 76.4 Å². The number of hydrogen-bond acceptors (Lipinski definition) is 10. The molecule has 0 saturated heterocycles. The van der Waals surface area contributed by atoms with Crippen LogP contribution in [0.3, 0.4) is 0 Å². The number of aliphatic hydroxyl groups is 2. The van der Waals surface area contributed by atoms with Crippen molar-refractivity contribution in [2.24, 2.45) is 11.8 Å². The molecule has 2 bridgehead atoms. The predicted molar refractivity (Wildman–Crippen MR) is 200 cm³/mol. The van der Waals surface area contributed by atoms with Crippen LogP contribution in [0.25, 0.3) is 0 Å². The molecule has 0 unspecified atom stereocenters. The van der Waals surface area contributed by atoms with E-state index in [0.717, 1.165) is 5.56 Å². The van der Waals surface area contributed by atoms with Gasteiger partial charge in [0, 0.05) is 25.7 Å². The number of amides is 4. The van der Waals surface area contributed by atoms with Crippen molar-refractivity contribution < 1.29 is 42.5 Å². The van der Waals surface area contributed by atoms with Gasteiger partial charge < -0.3 is 42.0 Å². The van der Waals surface area contributed by atoms with E-state index in [9.17, 15) is 37.8 Å². The molecular formula is C37H56N6O9S. The van der Waals surface area contributed by atoms with Crippen LogP contribution < -0.4 is 31.7 Å². The zero-order valence-corrected chi connectivity index (χ0v) is 32.0. The normalized spacial score (nSPS) is 20.2. The van der Waals surface area contributed by atoms with E-state index in [1.807, 2.05) is 13.8 Å². The lowest BCUT2D eigenvalue weighted by atomic mass is 9.98. The standard InChI is InChI=1S/C37H56N6O9S/c1-23(2)17-18-43(53(50,51)29-15-11-27(38)12-16-29)21-33(46)31-20-26-9-13-28(14-10-26)52-19-7-6-8-30(40-36(48)32(22-44)39-25(5)45)35(47)42-34(24(3)4)37(49)41-31/h9-16,23-24,30-34,44,46H,6-8,17-22,38H2,1-5H3,(H,39,45)(H,40,48)(H,41,49)(H,42,47)/t30-,31-,32-,33+,34-/m0/s1. The van der Waals surface area contributed by atoms with Gasteiger partial charge >= 0.3 is 0 Å². The minimum absolute atomic E-state index is 0.0165. The summed E-state index contributed by atoms with van der Waals surface area (Å²) in [6, 6.07) is 8.43. The summed E-state index contributed by atoms with van der Waals surface area (Å²) >= 11 is 0. The van der Waals surface area contributed by atoms with Crippen LogP contribution in [-0.2, 0) is 35.6 Å². The lowest BCUT2D eigenvalue weighted by Gasteiger charge is -2.32. The number of nitrogens with one attached hydrogen (secondary N) is 4. The highest BCUT2D eigenvalue weighted by molar-refractivity contribution is 7.89. The second kappa shape index (κ2) is 20.3. The fraction of sp³-hybridized carbons (Fsp3) is 0.568. The average Bonchev–Trinajstić information content (AvgIpc) is 3.10. The van der Waals surface area contributed by atoms with Crippen molar-refractivity contribution in [1.82, 2.24) is 25.6 Å². The Balaban J connectivity index is 1.96. The number of sulfonamides is 1. The maximum atomic E-state index is 14.0. The molecule has 0 fully saturated rings. The number of hydrogen-bond donors (Lipinski definition) is 7. The molecule has 2 heterocycles. The van der Waals surface area contributed by atoms with Gasteiger partial charge in [-0.3, -0.25) is 19.2 Å². The Morgan fingerprint density at radius 1 is 1.00 bits per heavy atom. The van der Waals surface area contributed by atoms with Crippen LogP contribution in [0.15, 0.2) is 53.4 Å². The number of anilines is 1. The minimum atomic E-state index is -4.07. The van der Waals surface area contributed by atoms with Gasteiger partial charge in [0.05, 0.1) is 30.3 Å². The summed E-state index contributed by atoms with van der Waals surface area (Å²) in [4.78, 5) is 52.3. The van der Waals surface area contributed by atoms with E-state index in [1.54, 1.807) is 38.1 Å². The quantitative estimate of drug-likeness (QED) is 0.144. The first kappa shape index (κ1) is 43.2. The van der Waals surface area contributed by atoms with Gasteiger partial charge in [0.1, 0.15) is 23.9 Å². The van der Waals surface area contributed by atoms with E-state index in [-0.39, 0.29) is 36.7 Å². The van der Waals surface area contributed by atoms with Crippen molar-refractivity contribution in [1.29, 1.82) is 0 Å². The molecule has 0 aromatic heterocycles. The molecule has 4 amide bonds. The van der Waals surface area contributed by atoms with Crippen molar-refractivity contribution in [3.05, 3.63) is 54.1 Å². The SMILES string of the molecule is CC(=O)N[C@@H](CO)C(=O)N[C@H]1CCCCOc2ccc(cc2)C[C@@H]([C@H](O)CN(CCC(C)C)S(=O)(=O)c2ccc(N)cc2)NC(=O)[C@H](C(C)C)NC1=O. The van der Waals surface area contributed by atoms with Gasteiger partial charge in [0.2, 0.25) is 33.7 Å². The minimum Gasteiger partial charge on any atom is -0.494 e. The van der Waals surface area contributed by atoms with Gasteiger partial charge in [-0.05, 0) is 85.9 Å². The van der Waals surface area contributed by atoms with Crippen LogP contribution in [0.1, 0.15) is 65.9 Å². The number of rotatable bonds is 13. The number of nitrogens with two attached hydrogens (primary N) is 1. The third kappa shape index (κ3) is 13.3. The molecule has 2 aliphatic heterocycles. The highest BCUT2D eigenvalue weighted by Gasteiger charge is 2.35. The zero-order chi connectivity index (χ0) is 39.3. The molecule has 0 aliphatic carbocycles. The average molecular weight is 761 g/mol. The molecule has 8 N–H and O–H groups in total. The topological polar surface area (TPSA) is 229 Å². The maximum absolute atomic E-state index is 14.0. The molecule has 294 valence electrons. The smallest absolute Gasteiger partial charge is 0.245 e. The number of benzene rings is 2. The molecule has 0 spiro atoms. The van der Waals surface area contributed by atoms with Gasteiger partial charge in [-0.1, -0.05) is 39.8 Å². The Kier molecular flexibility index (Phi) is 16.5. The summed E-state index contributed by atoms with van der Waals surface area (Å²) < 4.78 is 34.8. The highest BCUT2D eigenvalue weighted by Crippen LogP contribution is 2.22. The summed E-state index contributed by atoms with van der Waals surface area (Å²) in [6.45, 7) is 7.99. The Hall–Kier alpha value is -4.25. The second-order valence-electron chi connectivity index (χ2n) is 14.2. The molecule has 2 aromatic rings. The lowest BCUT2D eigenvalue weighted by Crippen LogP contribution is -2.60. The zero-order valence-electron chi connectivity index (χ0n) is 31.2. The molecule has 2 aliphatic rings. The third-order valence-electron chi connectivity index (χ3n) is 8.95. The largest absolute Gasteiger partial charge is 0.494 e. The summed E-state index contributed by atoms with van der Waals surface area (Å²) in [5.74, 6) is -2.29.